The lowest BCUT2D eigenvalue weighted by molar-refractivity contribution is -0.384. The highest BCUT2D eigenvalue weighted by Crippen LogP contribution is 2.29. The van der Waals surface area contributed by atoms with Gasteiger partial charge in [0.05, 0.1) is 17.6 Å². The average molecular weight is 431 g/mol. The largest absolute Gasteiger partial charge is 0.376 e. The summed E-state index contributed by atoms with van der Waals surface area (Å²) in [6.45, 7) is 1.43. The van der Waals surface area contributed by atoms with Crippen LogP contribution in [0, 0.1) is 10.1 Å². The monoisotopic (exact) mass is 430 g/mol. The van der Waals surface area contributed by atoms with Crippen LogP contribution in [0.1, 0.15) is 18.4 Å². The first-order valence-electron chi connectivity index (χ1n) is 9.27. The number of nitrogens with zero attached hydrogens (tertiary/aromatic N) is 4. The molecule has 0 unspecified atom stereocenters. The minimum absolute atomic E-state index is 0.0521. The van der Waals surface area contributed by atoms with E-state index in [9.17, 15) is 10.1 Å². The van der Waals surface area contributed by atoms with Gasteiger partial charge < -0.3 is 4.74 Å². The lowest BCUT2D eigenvalue weighted by Gasteiger charge is -2.14. The predicted molar refractivity (Wildman–Crippen MR) is 112 cm³/mol. The molecule has 1 fully saturated rings. The summed E-state index contributed by atoms with van der Waals surface area (Å²) in [5.41, 5.74) is 1.98. The van der Waals surface area contributed by atoms with E-state index in [-0.39, 0.29) is 11.8 Å². The fraction of sp³-hybridized carbons (Fsp3) is 0.300. The van der Waals surface area contributed by atoms with Gasteiger partial charge in [-0.25, -0.2) is 0 Å². The molecule has 2 heterocycles. The number of thioether (sulfide) groups is 1. The summed E-state index contributed by atoms with van der Waals surface area (Å²) in [6.07, 6.45) is 2.17. The van der Waals surface area contributed by atoms with Crippen molar-refractivity contribution >= 4 is 29.1 Å². The van der Waals surface area contributed by atoms with Crippen molar-refractivity contribution in [1.29, 1.82) is 0 Å². The summed E-state index contributed by atoms with van der Waals surface area (Å²) in [5.74, 6) is 1.43. The second-order valence-electron chi connectivity index (χ2n) is 6.77. The third kappa shape index (κ3) is 4.77. The van der Waals surface area contributed by atoms with Crippen LogP contribution in [-0.2, 0) is 17.0 Å². The number of rotatable bonds is 7. The Kier molecular flexibility index (Phi) is 6.13. The first-order valence-corrected chi connectivity index (χ1v) is 10.6. The van der Waals surface area contributed by atoms with Crippen LogP contribution in [0.2, 0.25) is 5.02 Å². The van der Waals surface area contributed by atoms with E-state index in [1.165, 1.54) is 12.1 Å². The molecule has 7 nitrogen and oxygen atoms in total. The number of benzene rings is 2. The van der Waals surface area contributed by atoms with E-state index in [2.05, 4.69) is 14.8 Å². The van der Waals surface area contributed by atoms with Gasteiger partial charge in [0.15, 0.2) is 11.0 Å². The SMILES string of the molecule is O=[N+]([O-])c1ccc(-c2nnc(SCc3ccc(Cl)cc3)n2C[C@H]2CCCO2)cc1. The zero-order valence-electron chi connectivity index (χ0n) is 15.5. The number of ether oxygens (including phenoxy) is 1. The van der Waals surface area contributed by atoms with E-state index >= 15 is 0 Å². The number of nitro benzene ring substituents is 1. The highest BCUT2D eigenvalue weighted by atomic mass is 35.5. The Hall–Kier alpha value is -2.42. The Morgan fingerprint density at radius 2 is 1.93 bits per heavy atom. The normalized spacial score (nSPS) is 16.2. The molecule has 0 saturated carbocycles. The second-order valence-corrected chi connectivity index (χ2v) is 8.15. The lowest BCUT2D eigenvalue weighted by Crippen LogP contribution is -2.16. The molecule has 1 aliphatic rings. The number of non-ortho nitro benzene ring substituents is 1. The number of aromatic nitrogens is 3. The molecule has 4 rings (SSSR count). The molecule has 1 aliphatic heterocycles. The molecule has 2 aromatic carbocycles. The van der Waals surface area contributed by atoms with Crippen molar-refractivity contribution in [3.8, 4) is 11.4 Å². The molecule has 1 aromatic heterocycles. The summed E-state index contributed by atoms with van der Waals surface area (Å²) in [4.78, 5) is 10.5. The summed E-state index contributed by atoms with van der Waals surface area (Å²) < 4.78 is 7.86. The van der Waals surface area contributed by atoms with Crippen LogP contribution in [0.25, 0.3) is 11.4 Å². The van der Waals surface area contributed by atoms with Gasteiger partial charge >= 0.3 is 0 Å². The van der Waals surface area contributed by atoms with Crippen LogP contribution in [0.15, 0.2) is 53.7 Å². The highest BCUT2D eigenvalue weighted by molar-refractivity contribution is 7.98. The fourth-order valence-electron chi connectivity index (χ4n) is 3.23. The molecule has 1 saturated heterocycles. The van der Waals surface area contributed by atoms with Crippen LogP contribution in [-0.4, -0.2) is 32.4 Å². The van der Waals surface area contributed by atoms with Gasteiger partial charge in [0.2, 0.25) is 0 Å². The van der Waals surface area contributed by atoms with Gasteiger partial charge in [-0.1, -0.05) is 35.5 Å². The quantitative estimate of drug-likeness (QED) is 0.298. The van der Waals surface area contributed by atoms with Gasteiger partial charge in [-0.05, 0) is 42.7 Å². The maximum atomic E-state index is 10.9. The Balaban J connectivity index is 1.60. The molecule has 0 aliphatic carbocycles. The predicted octanol–water partition coefficient (Wildman–Crippen LogP) is 4.98. The third-order valence-corrected chi connectivity index (χ3v) is 6.03. The molecule has 0 spiro atoms. The Bertz CT molecular complexity index is 986. The first-order chi connectivity index (χ1) is 14.1. The fourth-order valence-corrected chi connectivity index (χ4v) is 4.26. The van der Waals surface area contributed by atoms with Crippen molar-refractivity contribution in [2.75, 3.05) is 6.61 Å². The van der Waals surface area contributed by atoms with Crippen LogP contribution in [0.5, 0.6) is 0 Å². The van der Waals surface area contributed by atoms with Crippen molar-refractivity contribution in [2.45, 2.75) is 36.4 Å². The maximum absolute atomic E-state index is 10.9. The van der Waals surface area contributed by atoms with E-state index in [0.29, 0.717) is 17.4 Å². The first kappa shape index (κ1) is 19.9. The topological polar surface area (TPSA) is 83.1 Å². The number of hydrogen-bond donors (Lipinski definition) is 0. The van der Waals surface area contributed by atoms with Gasteiger partial charge in [-0.15, -0.1) is 10.2 Å². The molecular formula is C20H19ClN4O3S. The smallest absolute Gasteiger partial charge is 0.269 e. The van der Waals surface area contributed by atoms with E-state index in [4.69, 9.17) is 16.3 Å². The van der Waals surface area contributed by atoms with Crippen LogP contribution >= 0.6 is 23.4 Å². The minimum Gasteiger partial charge on any atom is -0.376 e. The molecule has 9 heteroatoms. The standard InChI is InChI=1S/C20H19ClN4O3S/c21-16-7-3-14(4-8-16)13-29-20-23-22-19(24(20)12-18-2-1-11-28-18)15-5-9-17(10-6-15)25(26)27/h3-10,18H,1-2,11-13H2/t18-/m1/s1. The van der Waals surface area contributed by atoms with Crippen molar-refractivity contribution in [3.05, 3.63) is 69.2 Å². The zero-order valence-corrected chi connectivity index (χ0v) is 17.1. The molecule has 0 radical (unpaired) electrons. The number of nitro groups is 1. The van der Waals surface area contributed by atoms with E-state index < -0.39 is 4.92 Å². The van der Waals surface area contributed by atoms with Gasteiger partial charge in [-0.3, -0.25) is 14.7 Å². The molecular weight excluding hydrogens is 412 g/mol. The number of halogens is 1. The van der Waals surface area contributed by atoms with Gasteiger partial charge in [0.25, 0.3) is 5.69 Å². The molecule has 3 aromatic rings. The summed E-state index contributed by atoms with van der Waals surface area (Å²) in [7, 11) is 0. The van der Waals surface area contributed by atoms with Crippen molar-refractivity contribution in [3.63, 3.8) is 0 Å². The van der Waals surface area contributed by atoms with Crippen LogP contribution < -0.4 is 0 Å². The Morgan fingerprint density at radius 1 is 1.17 bits per heavy atom. The van der Waals surface area contributed by atoms with Crippen LogP contribution in [0.3, 0.4) is 0 Å². The molecule has 0 bridgehead atoms. The van der Waals surface area contributed by atoms with Gasteiger partial charge in [0, 0.05) is 35.1 Å². The minimum atomic E-state index is -0.408. The Labute approximate surface area is 177 Å². The summed E-state index contributed by atoms with van der Waals surface area (Å²) in [6, 6.07) is 14.1. The highest BCUT2D eigenvalue weighted by Gasteiger charge is 2.22. The molecule has 0 amide bonds. The van der Waals surface area contributed by atoms with Crippen molar-refractivity contribution < 1.29 is 9.66 Å². The van der Waals surface area contributed by atoms with E-state index in [0.717, 1.165) is 41.5 Å². The van der Waals surface area contributed by atoms with Crippen LogP contribution in [0.4, 0.5) is 5.69 Å². The molecule has 29 heavy (non-hydrogen) atoms. The third-order valence-electron chi connectivity index (χ3n) is 4.74. The summed E-state index contributed by atoms with van der Waals surface area (Å²) >= 11 is 7.56. The van der Waals surface area contributed by atoms with E-state index in [1.807, 2.05) is 24.3 Å². The average Bonchev–Trinajstić information content (AvgIpc) is 3.38. The van der Waals surface area contributed by atoms with Crippen molar-refractivity contribution in [1.82, 2.24) is 14.8 Å². The summed E-state index contributed by atoms with van der Waals surface area (Å²) in [5, 5.41) is 21.2. The second kappa shape index (κ2) is 8.94. The Morgan fingerprint density at radius 3 is 2.59 bits per heavy atom. The van der Waals surface area contributed by atoms with Gasteiger partial charge in [0.1, 0.15) is 0 Å². The molecule has 150 valence electrons. The van der Waals surface area contributed by atoms with Gasteiger partial charge in [-0.2, -0.15) is 0 Å². The molecule has 0 N–H and O–H groups in total. The van der Waals surface area contributed by atoms with Crippen molar-refractivity contribution in [2.24, 2.45) is 0 Å². The lowest BCUT2D eigenvalue weighted by atomic mass is 10.2. The van der Waals surface area contributed by atoms with E-state index in [1.54, 1.807) is 23.9 Å². The molecule has 1 atom stereocenters. The maximum Gasteiger partial charge on any atom is 0.269 e. The zero-order chi connectivity index (χ0) is 20.2. The number of hydrogen-bond acceptors (Lipinski definition) is 6.